The molecular formula is C11H11N5O. The van der Waals surface area contributed by atoms with E-state index in [4.69, 9.17) is 10.00 Å². The zero-order valence-corrected chi connectivity index (χ0v) is 9.51. The molecule has 1 N–H and O–H groups in total. The first kappa shape index (κ1) is 11.0. The highest BCUT2D eigenvalue weighted by atomic mass is 16.5. The number of rotatable bonds is 3. The molecule has 2 rings (SSSR count). The molecule has 0 fully saturated rings. The fourth-order valence-electron chi connectivity index (χ4n) is 1.40. The fraction of sp³-hybridized carbons (Fsp3) is 0.182. The van der Waals surface area contributed by atoms with Gasteiger partial charge in [-0.15, -0.1) is 15.0 Å². The third kappa shape index (κ3) is 2.03. The van der Waals surface area contributed by atoms with Crippen LogP contribution >= 0.6 is 0 Å². The largest absolute Gasteiger partial charge is 0.497 e. The monoisotopic (exact) mass is 229 g/mol. The third-order valence-corrected chi connectivity index (χ3v) is 2.24. The second-order valence-electron chi connectivity index (χ2n) is 3.25. The van der Waals surface area contributed by atoms with Gasteiger partial charge in [0.1, 0.15) is 11.8 Å². The molecule has 0 aliphatic rings. The molecule has 86 valence electrons. The lowest BCUT2D eigenvalue weighted by Gasteiger charge is -2.02. The van der Waals surface area contributed by atoms with Crippen LogP contribution < -0.4 is 10.1 Å². The molecule has 0 amide bonds. The van der Waals surface area contributed by atoms with Crippen LogP contribution in [-0.4, -0.2) is 29.2 Å². The number of ether oxygens (including phenoxy) is 1. The van der Waals surface area contributed by atoms with E-state index in [-0.39, 0.29) is 5.69 Å². The van der Waals surface area contributed by atoms with Crippen LogP contribution in [0.2, 0.25) is 0 Å². The number of hydrogen-bond donors (Lipinski definition) is 1. The molecule has 0 atom stereocenters. The summed E-state index contributed by atoms with van der Waals surface area (Å²) in [5.41, 5.74) is 0.998. The van der Waals surface area contributed by atoms with Gasteiger partial charge in [-0.3, -0.25) is 0 Å². The summed E-state index contributed by atoms with van der Waals surface area (Å²) in [6.07, 6.45) is 0. The third-order valence-electron chi connectivity index (χ3n) is 2.24. The van der Waals surface area contributed by atoms with Crippen LogP contribution in [0, 0.1) is 11.3 Å². The Hall–Kier alpha value is -2.55. The first-order valence-corrected chi connectivity index (χ1v) is 4.98. The summed E-state index contributed by atoms with van der Waals surface area (Å²) >= 11 is 0. The van der Waals surface area contributed by atoms with E-state index >= 15 is 0 Å². The van der Waals surface area contributed by atoms with E-state index in [1.54, 1.807) is 20.2 Å². The average molecular weight is 229 g/mol. The predicted molar refractivity (Wildman–Crippen MR) is 62.2 cm³/mol. The maximum Gasteiger partial charge on any atom is 0.207 e. The van der Waals surface area contributed by atoms with Gasteiger partial charge < -0.3 is 10.1 Å². The summed E-state index contributed by atoms with van der Waals surface area (Å²) in [4.78, 5) is 1.40. The molecule has 6 heteroatoms. The van der Waals surface area contributed by atoms with E-state index in [0.29, 0.717) is 11.6 Å². The van der Waals surface area contributed by atoms with Gasteiger partial charge in [0.15, 0.2) is 5.82 Å². The summed E-state index contributed by atoms with van der Waals surface area (Å²) in [7, 11) is 3.29. The highest BCUT2D eigenvalue weighted by Crippen LogP contribution is 2.17. The lowest BCUT2D eigenvalue weighted by atomic mass is 10.3. The highest BCUT2D eigenvalue weighted by Gasteiger charge is 2.10. The molecule has 1 aromatic heterocycles. The predicted octanol–water partition coefficient (Wildman–Crippen LogP) is 1.19. The highest BCUT2D eigenvalue weighted by molar-refractivity contribution is 5.47. The van der Waals surface area contributed by atoms with Crippen molar-refractivity contribution in [1.29, 1.82) is 5.26 Å². The first-order chi connectivity index (χ1) is 8.28. The van der Waals surface area contributed by atoms with Crippen LogP contribution in [-0.2, 0) is 0 Å². The summed E-state index contributed by atoms with van der Waals surface area (Å²) in [6.45, 7) is 0. The van der Waals surface area contributed by atoms with Gasteiger partial charge in [-0.1, -0.05) is 6.07 Å². The van der Waals surface area contributed by atoms with Gasteiger partial charge in [0.2, 0.25) is 5.69 Å². The van der Waals surface area contributed by atoms with E-state index in [2.05, 4.69) is 15.5 Å². The molecule has 0 bridgehead atoms. The summed E-state index contributed by atoms with van der Waals surface area (Å²) in [5.74, 6) is 1.17. The molecule has 0 saturated heterocycles. The van der Waals surface area contributed by atoms with E-state index in [1.807, 2.05) is 24.3 Å². The Labute approximate surface area is 98.4 Å². The minimum Gasteiger partial charge on any atom is -0.497 e. The molecule has 0 radical (unpaired) electrons. The minimum atomic E-state index is 0.260. The number of aromatic nitrogens is 3. The van der Waals surface area contributed by atoms with Crippen LogP contribution in [0.15, 0.2) is 24.3 Å². The Bertz CT molecular complexity index is 569. The smallest absolute Gasteiger partial charge is 0.207 e. The second kappa shape index (κ2) is 4.53. The number of methoxy groups -OCH3 is 1. The standard InChI is InChI=1S/C11H11N5O/c1-13-11-10(7-12)14-16(15-11)8-4-3-5-9(6-8)17-2/h3-6H,1-2H3,(H,13,15). The van der Waals surface area contributed by atoms with Gasteiger partial charge >= 0.3 is 0 Å². The van der Waals surface area contributed by atoms with Crippen LogP contribution in [0.1, 0.15) is 5.69 Å². The number of hydrogen-bond acceptors (Lipinski definition) is 5. The molecule has 1 heterocycles. The Balaban J connectivity index is 2.46. The van der Waals surface area contributed by atoms with Gasteiger partial charge in [0, 0.05) is 13.1 Å². The van der Waals surface area contributed by atoms with Crippen molar-refractivity contribution in [3.63, 3.8) is 0 Å². The molecule has 17 heavy (non-hydrogen) atoms. The number of benzene rings is 1. The van der Waals surface area contributed by atoms with E-state index in [9.17, 15) is 0 Å². The van der Waals surface area contributed by atoms with Crippen molar-refractivity contribution >= 4 is 5.82 Å². The summed E-state index contributed by atoms with van der Waals surface area (Å²) in [5, 5.41) is 19.9. The molecule has 0 aliphatic carbocycles. The molecule has 2 aromatic rings. The van der Waals surface area contributed by atoms with Crippen molar-refractivity contribution in [3.8, 4) is 17.5 Å². The molecule has 0 spiro atoms. The van der Waals surface area contributed by atoms with Crippen molar-refractivity contribution in [1.82, 2.24) is 15.0 Å². The Morgan fingerprint density at radius 2 is 2.24 bits per heavy atom. The summed E-state index contributed by atoms with van der Waals surface area (Å²) < 4.78 is 5.12. The van der Waals surface area contributed by atoms with E-state index in [1.165, 1.54) is 4.80 Å². The van der Waals surface area contributed by atoms with Gasteiger partial charge in [-0.05, 0) is 12.1 Å². The molecule has 0 saturated carbocycles. The minimum absolute atomic E-state index is 0.260. The first-order valence-electron chi connectivity index (χ1n) is 4.98. The van der Waals surface area contributed by atoms with Crippen molar-refractivity contribution in [2.75, 3.05) is 19.5 Å². The number of nitrogens with one attached hydrogen (secondary N) is 1. The molecule has 0 unspecified atom stereocenters. The Morgan fingerprint density at radius 1 is 1.41 bits per heavy atom. The van der Waals surface area contributed by atoms with Gasteiger partial charge in [-0.2, -0.15) is 5.26 Å². The maximum atomic E-state index is 8.88. The van der Waals surface area contributed by atoms with E-state index < -0.39 is 0 Å². The normalized spacial score (nSPS) is 9.71. The van der Waals surface area contributed by atoms with Crippen LogP contribution in [0.25, 0.3) is 5.69 Å². The second-order valence-corrected chi connectivity index (χ2v) is 3.25. The van der Waals surface area contributed by atoms with E-state index in [0.717, 1.165) is 5.69 Å². The van der Waals surface area contributed by atoms with Crippen molar-refractivity contribution < 1.29 is 4.74 Å². The van der Waals surface area contributed by atoms with Crippen LogP contribution in [0.4, 0.5) is 5.82 Å². The molecule has 0 aliphatic heterocycles. The van der Waals surface area contributed by atoms with Crippen molar-refractivity contribution in [2.24, 2.45) is 0 Å². The van der Waals surface area contributed by atoms with Gasteiger partial charge in [-0.25, -0.2) is 0 Å². The quantitative estimate of drug-likeness (QED) is 0.855. The molecular weight excluding hydrogens is 218 g/mol. The maximum absolute atomic E-state index is 8.88. The fourth-order valence-corrected chi connectivity index (χ4v) is 1.40. The number of nitriles is 1. The topological polar surface area (TPSA) is 75.8 Å². The average Bonchev–Trinajstić information content (AvgIpc) is 2.82. The lowest BCUT2D eigenvalue weighted by Crippen LogP contribution is -1.99. The zero-order chi connectivity index (χ0) is 12.3. The SMILES string of the molecule is CNc1nn(-c2cccc(OC)c2)nc1C#N. The van der Waals surface area contributed by atoms with Gasteiger partial charge in [0.25, 0.3) is 0 Å². The Morgan fingerprint density at radius 3 is 2.82 bits per heavy atom. The zero-order valence-electron chi connectivity index (χ0n) is 9.51. The van der Waals surface area contributed by atoms with Crippen molar-refractivity contribution in [3.05, 3.63) is 30.0 Å². The lowest BCUT2D eigenvalue weighted by molar-refractivity contribution is 0.414. The van der Waals surface area contributed by atoms with Crippen LogP contribution in [0.3, 0.4) is 0 Å². The van der Waals surface area contributed by atoms with Crippen LogP contribution in [0.5, 0.6) is 5.75 Å². The number of nitrogens with zero attached hydrogens (tertiary/aromatic N) is 4. The van der Waals surface area contributed by atoms with Gasteiger partial charge in [0.05, 0.1) is 12.8 Å². The molecule has 6 nitrogen and oxygen atoms in total. The van der Waals surface area contributed by atoms with Crippen molar-refractivity contribution in [2.45, 2.75) is 0 Å². The Kier molecular flexibility index (Phi) is 2.92. The summed E-state index contributed by atoms with van der Waals surface area (Å²) in [6, 6.07) is 9.27. The number of anilines is 1. The molecule has 1 aromatic carbocycles.